The average molecular weight is 392 g/mol. The van der Waals surface area contributed by atoms with Crippen molar-refractivity contribution in [1.82, 2.24) is 0 Å². The van der Waals surface area contributed by atoms with Crippen molar-refractivity contribution < 1.29 is 19.1 Å². The van der Waals surface area contributed by atoms with E-state index in [1.807, 2.05) is 12.1 Å². The number of ether oxygens (including phenoxy) is 2. The second-order valence-corrected chi connectivity index (χ2v) is 5.89. The molecule has 0 aliphatic heterocycles. The minimum atomic E-state index is -0.727. The van der Waals surface area contributed by atoms with Gasteiger partial charge in [-0.2, -0.15) is 0 Å². The van der Waals surface area contributed by atoms with Crippen LogP contribution in [0.3, 0.4) is 0 Å². The summed E-state index contributed by atoms with van der Waals surface area (Å²) in [6.45, 7) is 3.64. The number of amides is 1. The van der Waals surface area contributed by atoms with Gasteiger partial charge in [0.2, 0.25) is 0 Å². The van der Waals surface area contributed by atoms with Gasteiger partial charge < -0.3 is 14.8 Å². The maximum Gasteiger partial charge on any atom is 0.340 e. The first kappa shape index (κ1) is 18.0. The number of halogens is 1. The first-order chi connectivity index (χ1) is 11.5. The van der Waals surface area contributed by atoms with E-state index in [4.69, 9.17) is 9.47 Å². The number of rotatable bonds is 6. The van der Waals surface area contributed by atoms with Crippen molar-refractivity contribution in [2.75, 3.05) is 11.9 Å². The van der Waals surface area contributed by atoms with Gasteiger partial charge in [0.05, 0.1) is 17.9 Å². The van der Waals surface area contributed by atoms with Gasteiger partial charge >= 0.3 is 5.97 Å². The molecule has 0 aliphatic carbocycles. The van der Waals surface area contributed by atoms with Crippen molar-refractivity contribution >= 4 is 33.5 Å². The number of para-hydroxylation sites is 1. The molecule has 0 saturated carbocycles. The summed E-state index contributed by atoms with van der Waals surface area (Å²) in [5.41, 5.74) is 0.702. The molecule has 0 fully saturated rings. The van der Waals surface area contributed by atoms with Crippen LogP contribution in [-0.4, -0.2) is 24.6 Å². The molecule has 0 radical (unpaired) electrons. The number of carbonyl (C=O) groups excluding carboxylic acids is 2. The minimum absolute atomic E-state index is 0.267. The van der Waals surface area contributed by atoms with Crippen LogP contribution in [0, 0.1) is 0 Å². The fourth-order valence-electron chi connectivity index (χ4n) is 2.01. The summed E-state index contributed by atoms with van der Waals surface area (Å²) in [7, 11) is 0. The third-order valence-corrected chi connectivity index (χ3v) is 3.65. The number of anilines is 1. The van der Waals surface area contributed by atoms with Crippen molar-refractivity contribution in [3.63, 3.8) is 0 Å². The Kier molecular flexibility index (Phi) is 6.37. The van der Waals surface area contributed by atoms with Crippen molar-refractivity contribution in [3.05, 3.63) is 58.6 Å². The SMILES string of the molecule is CCOC(=O)c1ccccc1NC(=O)[C@@H](C)Oc1cccc(Br)c1. The summed E-state index contributed by atoms with van der Waals surface area (Å²) >= 11 is 3.35. The quantitative estimate of drug-likeness (QED) is 0.754. The van der Waals surface area contributed by atoms with E-state index in [9.17, 15) is 9.59 Å². The van der Waals surface area contributed by atoms with E-state index < -0.39 is 12.1 Å². The van der Waals surface area contributed by atoms with Crippen LogP contribution in [0.1, 0.15) is 24.2 Å². The fourth-order valence-corrected chi connectivity index (χ4v) is 2.39. The first-order valence-corrected chi connectivity index (χ1v) is 8.29. The van der Waals surface area contributed by atoms with Gasteiger partial charge in [0, 0.05) is 4.47 Å². The highest BCUT2D eigenvalue weighted by molar-refractivity contribution is 9.10. The standard InChI is InChI=1S/C18H18BrNO4/c1-3-23-18(22)15-9-4-5-10-16(15)20-17(21)12(2)24-14-8-6-7-13(19)11-14/h4-12H,3H2,1-2H3,(H,20,21)/t12-/m1/s1. The van der Waals surface area contributed by atoms with Gasteiger partial charge in [0.25, 0.3) is 5.91 Å². The van der Waals surface area contributed by atoms with E-state index in [-0.39, 0.29) is 12.5 Å². The topological polar surface area (TPSA) is 64.6 Å². The molecule has 0 spiro atoms. The van der Waals surface area contributed by atoms with Crippen molar-refractivity contribution in [3.8, 4) is 5.75 Å². The Hall–Kier alpha value is -2.34. The van der Waals surface area contributed by atoms with Crippen molar-refractivity contribution in [2.24, 2.45) is 0 Å². The fraction of sp³-hybridized carbons (Fsp3) is 0.222. The molecule has 0 aliphatic rings. The van der Waals surface area contributed by atoms with E-state index in [1.54, 1.807) is 50.2 Å². The lowest BCUT2D eigenvalue weighted by Gasteiger charge is -2.16. The molecule has 0 unspecified atom stereocenters. The van der Waals surface area contributed by atoms with Crippen LogP contribution in [0.4, 0.5) is 5.69 Å². The zero-order chi connectivity index (χ0) is 17.5. The normalized spacial score (nSPS) is 11.5. The lowest BCUT2D eigenvalue weighted by atomic mass is 10.1. The van der Waals surface area contributed by atoms with Crippen LogP contribution in [0.15, 0.2) is 53.0 Å². The molecule has 0 saturated heterocycles. The van der Waals surface area contributed by atoms with Crippen LogP contribution < -0.4 is 10.1 Å². The van der Waals surface area contributed by atoms with E-state index in [0.717, 1.165) is 4.47 Å². The second kappa shape index (κ2) is 8.49. The zero-order valence-corrected chi connectivity index (χ0v) is 15.0. The smallest absolute Gasteiger partial charge is 0.340 e. The lowest BCUT2D eigenvalue weighted by Crippen LogP contribution is -2.30. The Morgan fingerprint density at radius 2 is 1.92 bits per heavy atom. The Morgan fingerprint density at radius 1 is 1.17 bits per heavy atom. The van der Waals surface area contributed by atoms with Gasteiger partial charge in [0.1, 0.15) is 5.75 Å². The minimum Gasteiger partial charge on any atom is -0.481 e. The second-order valence-electron chi connectivity index (χ2n) is 4.97. The lowest BCUT2D eigenvalue weighted by molar-refractivity contribution is -0.122. The maximum atomic E-state index is 12.3. The molecular formula is C18H18BrNO4. The van der Waals surface area contributed by atoms with E-state index in [0.29, 0.717) is 17.0 Å². The number of hydrogen-bond donors (Lipinski definition) is 1. The zero-order valence-electron chi connectivity index (χ0n) is 13.4. The molecule has 1 N–H and O–H groups in total. The molecule has 2 rings (SSSR count). The average Bonchev–Trinajstić information content (AvgIpc) is 2.55. The van der Waals surface area contributed by atoms with Crippen molar-refractivity contribution in [1.29, 1.82) is 0 Å². The Balaban J connectivity index is 2.08. The summed E-state index contributed by atoms with van der Waals surface area (Å²) in [5.74, 6) is -0.258. The van der Waals surface area contributed by atoms with Gasteiger partial charge in [-0.15, -0.1) is 0 Å². The predicted octanol–water partition coefficient (Wildman–Crippen LogP) is 4.03. The molecule has 0 bridgehead atoms. The van der Waals surface area contributed by atoms with Gasteiger partial charge in [-0.25, -0.2) is 4.79 Å². The molecule has 5 nitrogen and oxygen atoms in total. The van der Waals surface area contributed by atoms with Gasteiger partial charge in [0.15, 0.2) is 6.10 Å². The third kappa shape index (κ3) is 4.83. The predicted molar refractivity (Wildman–Crippen MR) is 95.3 cm³/mol. The van der Waals surface area contributed by atoms with E-state index in [2.05, 4.69) is 21.2 Å². The highest BCUT2D eigenvalue weighted by atomic mass is 79.9. The van der Waals surface area contributed by atoms with E-state index in [1.165, 1.54) is 0 Å². The Labute approximate surface area is 149 Å². The Bertz CT molecular complexity index is 732. The van der Waals surface area contributed by atoms with Gasteiger partial charge in [-0.1, -0.05) is 34.1 Å². The molecule has 0 heterocycles. The summed E-state index contributed by atoms with van der Waals surface area (Å²) in [6.07, 6.45) is -0.727. The van der Waals surface area contributed by atoms with E-state index >= 15 is 0 Å². The molecule has 1 atom stereocenters. The van der Waals surface area contributed by atoms with Crippen LogP contribution in [0.5, 0.6) is 5.75 Å². The Morgan fingerprint density at radius 3 is 2.62 bits per heavy atom. The summed E-state index contributed by atoms with van der Waals surface area (Å²) in [4.78, 5) is 24.3. The maximum absolute atomic E-state index is 12.3. The summed E-state index contributed by atoms with van der Waals surface area (Å²) in [5, 5.41) is 2.71. The molecule has 2 aromatic carbocycles. The van der Waals surface area contributed by atoms with Crippen LogP contribution in [0.25, 0.3) is 0 Å². The molecule has 1 amide bonds. The monoisotopic (exact) mass is 391 g/mol. The van der Waals surface area contributed by atoms with Crippen LogP contribution >= 0.6 is 15.9 Å². The largest absolute Gasteiger partial charge is 0.481 e. The summed E-state index contributed by atoms with van der Waals surface area (Å²) in [6, 6.07) is 13.9. The molecule has 0 aromatic heterocycles. The number of carbonyl (C=O) groups is 2. The molecule has 24 heavy (non-hydrogen) atoms. The number of esters is 1. The highest BCUT2D eigenvalue weighted by Crippen LogP contribution is 2.20. The van der Waals surface area contributed by atoms with Crippen molar-refractivity contribution in [2.45, 2.75) is 20.0 Å². The highest BCUT2D eigenvalue weighted by Gasteiger charge is 2.19. The van der Waals surface area contributed by atoms with Crippen LogP contribution in [-0.2, 0) is 9.53 Å². The molecular weight excluding hydrogens is 374 g/mol. The number of nitrogens with one attached hydrogen (secondary N) is 1. The molecule has 2 aromatic rings. The molecule has 126 valence electrons. The van der Waals surface area contributed by atoms with Gasteiger partial charge in [-0.05, 0) is 44.2 Å². The molecule has 6 heteroatoms. The first-order valence-electron chi connectivity index (χ1n) is 7.50. The van der Waals surface area contributed by atoms with Crippen LogP contribution in [0.2, 0.25) is 0 Å². The van der Waals surface area contributed by atoms with Gasteiger partial charge in [-0.3, -0.25) is 4.79 Å². The number of hydrogen-bond acceptors (Lipinski definition) is 4. The third-order valence-electron chi connectivity index (χ3n) is 3.16. The summed E-state index contributed by atoms with van der Waals surface area (Å²) < 4.78 is 11.5. The number of benzene rings is 2.